The summed E-state index contributed by atoms with van der Waals surface area (Å²) in [6, 6.07) is 6.91. The predicted molar refractivity (Wildman–Crippen MR) is 93.0 cm³/mol. The van der Waals surface area contributed by atoms with Gasteiger partial charge in [-0.3, -0.25) is 14.6 Å². The van der Waals surface area contributed by atoms with Gasteiger partial charge in [-0.1, -0.05) is 17.3 Å². The number of carbonyl (C=O) groups excluding carboxylic acids is 1. The van der Waals surface area contributed by atoms with Crippen LogP contribution in [0.5, 0.6) is 0 Å². The molecule has 6 nitrogen and oxygen atoms in total. The van der Waals surface area contributed by atoms with Gasteiger partial charge in [0, 0.05) is 38.8 Å². The fraction of sp³-hybridized carbons (Fsp3) is 0.444. The average Bonchev–Trinajstić information content (AvgIpc) is 3.01. The van der Waals surface area contributed by atoms with E-state index in [2.05, 4.69) is 15.4 Å². The molecule has 2 heterocycles. The molecule has 0 aliphatic carbocycles. The second-order valence-corrected chi connectivity index (χ2v) is 6.62. The van der Waals surface area contributed by atoms with Crippen LogP contribution in [0.3, 0.4) is 0 Å². The van der Waals surface area contributed by atoms with Gasteiger partial charge in [-0.2, -0.15) is 13.2 Å². The second kappa shape index (κ2) is 8.10. The summed E-state index contributed by atoms with van der Waals surface area (Å²) in [6.45, 7) is 5.53. The Labute approximate surface area is 154 Å². The van der Waals surface area contributed by atoms with Gasteiger partial charge < -0.3 is 9.84 Å². The number of benzene rings is 1. The number of rotatable bonds is 5. The number of hydrogen-bond donors (Lipinski definition) is 1. The molecular weight excluding hydrogens is 361 g/mol. The maximum Gasteiger partial charge on any atom is 0.416 e. The minimum Gasteiger partial charge on any atom is -0.360 e. The van der Waals surface area contributed by atoms with E-state index in [0.29, 0.717) is 31.2 Å². The first-order valence-corrected chi connectivity index (χ1v) is 8.63. The Morgan fingerprint density at radius 1 is 1.15 bits per heavy atom. The molecule has 0 spiro atoms. The molecule has 1 saturated heterocycles. The van der Waals surface area contributed by atoms with E-state index < -0.39 is 11.7 Å². The molecule has 3 rings (SSSR count). The summed E-state index contributed by atoms with van der Waals surface area (Å²) in [6.07, 6.45) is -4.31. The SMILES string of the molecule is Cc1cc(NC(=O)CN2CCN(Cc3ccc(C(F)(F)F)cc3)CC2)no1. The van der Waals surface area contributed by atoms with Crippen molar-refractivity contribution in [1.29, 1.82) is 0 Å². The fourth-order valence-electron chi connectivity index (χ4n) is 2.97. The molecule has 1 aromatic carbocycles. The number of carbonyl (C=O) groups is 1. The standard InChI is InChI=1S/C18H21F3N4O2/c1-13-10-16(23-27-13)22-17(26)12-25-8-6-24(7-9-25)11-14-2-4-15(5-3-14)18(19,20)21/h2-5,10H,6-9,11-12H2,1H3,(H,22,23,26). The number of halogens is 3. The molecule has 0 radical (unpaired) electrons. The summed E-state index contributed by atoms with van der Waals surface area (Å²) in [5.74, 6) is 0.875. The summed E-state index contributed by atoms with van der Waals surface area (Å²) in [5.41, 5.74) is 0.208. The molecule has 1 aromatic heterocycles. The fourth-order valence-corrected chi connectivity index (χ4v) is 2.97. The number of hydrogen-bond acceptors (Lipinski definition) is 5. The molecule has 0 saturated carbocycles. The minimum absolute atomic E-state index is 0.153. The molecule has 0 atom stereocenters. The number of piperazine rings is 1. The molecule has 0 unspecified atom stereocenters. The van der Waals surface area contributed by atoms with E-state index in [-0.39, 0.29) is 12.5 Å². The number of anilines is 1. The average molecular weight is 382 g/mol. The highest BCUT2D eigenvalue weighted by Crippen LogP contribution is 2.29. The van der Waals surface area contributed by atoms with E-state index in [0.717, 1.165) is 30.8 Å². The Morgan fingerprint density at radius 3 is 2.33 bits per heavy atom. The quantitative estimate of drug-likeness (QED) is 0.862. The van der Waals surface area contributed by atoms with Crippen molar-refractivity contribution in [2.75, 3.05) is 38.0 Å². The highest BCUT2D eigenvalue weighted by Gasteiger charge is 2.30. The lowest BCUT2D eigenvalue weighted by Gasteiger charge is -2.34. The van der Waals surface area contributed by atoms with Gasteiger partial charge in [0.2, 0.25) is 5.91 Å². The van der Waals surface area contributed by atoms with E-state index in [1.165, 1.54) is 12.1 Å². The van der Waals surface area contributed by atoms with Crippen molar-refractivity contribution < 1.29 is 22.5 Å². The Kier molecular flexibility index (Phi) is 5.81. The first-order chi connectivity index (χ1) is 12.8. The van der Waals surface area contributed by atoms with Crippen molar-refractivity contribution in [3.63, 3.8) is 0 Å². The van der Waals surface area contributed by atoms with Gasteiger partial charge >= 0.3 is 6.18 Å². The zero-order valence-electron chi connectivity index (χ0n) is 14.9. The summed E-state index contributed by atoms with van der Waals surface area (Å²) in [4.78, 5) is 16.2. The number of aromatic nitrogens is 1. The summed E-state index contributed by atoms with van der Waals surface area (Å²) >= 11 is 0. The Morgan fingerprint density at radius 2 is 1.78 bits per heavy atom. The van der Waals surface area contributed by atoms with Crippen molar-refractivity contribution in [2.24, 2.45) is 0 Å². The molecule has 1 aliphatic rings. The van der Waals surface area contributed by atoms with E-state index >= 15 is 0 Å². The van der Waals surface area contributed by atoms with Crippen LogP contribution in [0.25, 0.3) is 0 Å². The molecule has 27 heavy (non-hydrogen) atoms. The molecule has 9 heteroatoms. The van der Waals surface area contributed by atoms with Gasteiger partial charge in [-0.15, -0.1) is 0 Å². The van der Waals surface area contributed by atoms with Crippen LogP contribution in [0.1, 0.15) is 16.9 Å². The monoisotopic (exact) mass is 382 g/mol. The maximum atomic E-state index is 12.6. The Bertz CT molecular complexity index is 766. The van der Waals surface area contributed by atoms with Gasteiger partial charge in [-0.05, 0) is 24.6 Å². The van der Waals surface area contributed by atoms with Crippen molar-refractivity contribution in [3.8, 4) is 0 Å². The van der Waals surface area contributed by atoms with Crippen molar-refractivity contribution in [3.05, 3.63) is 47.2 Å². The van der Waals surface area contributed by atoms with Crippen LogP contribution in [-0.4, -0.2) is 53.6 Å². The molecule has 1 fully saturated rings. The van der Waals surface area contributed by atoms with Crippen molar-refractivity contribution in [1.82, 2.24) is 15.0 Å². The molecule has 146 valence electrons. The predicted octanol–water partition coefficient (Wildman–Crippen LogP) is 2.76. The van der Waals surface area contributed by atoms with E-state index in [9.17, 15) is 18.0 Å². The van der Waals surface area contributed by atoms with Gasteiger partial charge in [-0.25, -0.2) is 0 Å². The van der Waals surface area contributed by atoms with Crippen LogP contribution in [0.2, 0.25) is 0 Å². The van der Waals surface area contributed by atoms with Crippen LogP contribution < -0.4 is 5.32 Å². The summed E-state index contributed by atoms with van der Waals surface area (Å²) < 4.78 is 42.7. The van der Waals surface area contributed by atoms with E-state index in [1.807, 2.05) is 4.90 Å². The maximum absolute atomic E-state index is 12.6. The summed E-state index contributed by atoms with van der Waals surface area (Å²) in [5, 5.41) is 6.41. The number of alkyl halides is 3. The normalized spacial score (nSPS) is 16.4. The van der Waals surface area contributed by atoms with Crippen LogP contribution in [0, 0.1) is 6.92 Å². The summed E-state index contributed by atoms with van der Waals surface area (Å²) in [7, 11) is 0. The first kappa shape index (κ1) is 19.4. The van der Waals surface area contributed by atoms with Gasteiger partial charge in [0.15, 0.2) is 5.82 Å². The lowest BCUT2D eigenvalue weighted by atomic mass is 10.1. The molecule has 1 aliphatic heterocycles. The zero-order valence-corrected chi connectivity index (χ0v) is 14.9. The number of nitrogens with zero attached hydrogens (tertiary/aromatic N) is 3. The molecule has 0 bridgehead atoms. The van der Waals surface area contributed by atoms with Crippen LogP contribution in [0.4, 0.5) is 19.0 Å². The third kappa shape index (κ3) is 5.54. The number of amides is 1. The molecule has 1 amide bonds. The smallest absolute Gasteiger partial charge is 0.360 e. The van der Waals surface area contributed by atoms with Gasteiger partial charge in [0.25, 0.3) is 0 Å². The van der Waals surface area contributed by atoms with Crippen LogP contribution in [-0.2, 0) is 17.5 Å². The van der Waals surface area contributed by atoms with Crippen molar-refractivity contribution >= 4 is 11.7 Å². The van der Waals surface area contributed by atoms with Gasteiger partial charge in [0.1, 0.15) is 5.76 Å². The Balaban J connectivity index is 1.42. The third-order valence-electron chi connectivity index (χ3n) is 4.42. The number of nitrogens with one attached hydrogen (secondary N) is 1. The number of aryl methyl sites for hydroxylation is 1. The molecule has 1 N–H and O–H groups in total. The van der Waals surface area contributed by atoms with Gasteiger partial charge in [0.05, 0.1) is 12.1 Å². The van der Waals surface area contributed by atoms with Crippen LogP contribution >= 0.6 is 0 Å². The second-order valence-electron chi connectivity index (χ2n) is 6.62. The Hall–Kier alpha value is -2.39. The van der Waals surface area contributed by atoms with Crippen LogP contribution in [0.15, 0.2) is 34.9 Å². The minimum atomic E-state index is -4.31. The first-order valence-electron chi connectivity index (χ1n) is 8.63. The zero-order chi connectivity index (χ0) is 19.4. The van der Waals surface area contributed by atoms with E-state index in [1.54, 1.807) is 13.0 Å². The lowest BCUT2D eigenvalue weighted by molar-refractivity contribution is -0.137. The van der Waals surface area contributed by atoms with E-state index in [4.69, 9.17) is 4.52 Å². The lowest BCUT2D eigenvalue weighted by Crippen LogP contribution is -2.48. The molecule has 2 aromatic rings. The highest BCUT2D eigenvalue weighted by atomic mass is 19.4. The van der Waals surface area contributed by atoms with Crippen molar-refractivity contribution in [2.45, 2.75) is 19.6 Å². The topological polar surface area (TPSA) is 61.6 Å². The largest absolute Gasteiger partial charge is 0.416 e. The highest BCUT2D eigenvalue weighted by molar-refractivity contribution is 5.91. The molecular formula is C18H21F3N4O2. The third-order valence-corrected chi connectivity index (χ3v) is 4.42.